The summed E-state index contributed by atoms with van der Waals surface area (Å²) in [4.78, 5) is 0. The minimum Gasteiger partial charge on any atom is -0.396 e. The maximum Gasteiger partial charge on any atom is 0.0605 e. The Bertz CT molecular complexity index is 561. The summed E-state index contributed by atoms with van der Waals surface area (Å²) < 4.78 is 0. The largest absolute Gasteiger partial charge is 0.396 e. The minimum atomic E-state index is -0.0881. The average Bonchev–Trinajstić information content (AvgIpc) is 3.01. The number of hydrogen-bond acceptors (Lipinski definition) is 2. The monoisotopic (exact) mass is 390 g/mol. The first-order valence-corrected chi connectivity index (χ1v) is 12.6. The Morgan fingerprint density at radius 2 is 1.64 bits per heavy atom. The molecule has 4 fully saturated rings. The highest BCUT2D eigenvalue weighted by Crippen LogP contribution is 2.69. The van der Waals surface area contributed by atoms with Crippen LogP contribution in [0, 0.1) is 58.2 Å². The Morgan fingerprint density at radius 3 is 2.32 bits per heavy atom. The van der Waals surface area contributed by atoms with Crippen LogP contribution in [0.1, 0.15) is 92.4 Å². The summed E-state index contributed by atoms with van der Waals surface area (Å²) in [6, 6.07) is 0. The van der Waals surface area contributed by atoms with Crippen molar-refractivity contribution in [2.45, 2.75) is 98.5 Å². The molecule has 0 unspecified atom stereocenters. The Hall–Kier alpha value is -0.0800. The molecule has 0 saturated heterocycles. The highest BCUT2D eigenvalue weighted by Gasteiger charge is 2.64. The van der Waals surface area contributed by atoms with Crippen LogP contribution in [-0.4, -0.2) is 22.9 Å². The second kappa shape index (κ2) is 7.56. The average molecular weight is 391 g/mol. The normalized spacial score (nSPS) is 54.5. The van der Waals surface area contributed by atoms with Gasteiger partial charge in [-0.25, -0.2) is 0 Å². The fourth-order valence-corrected chi connectivity index (χ4v) is 9.56. The molecule has 0 aromatic heterocycles. The first-order chi connectivity index (χ1) is 13.3. The lowest BCUT2D eigenvalue weighted by atomic mass is 9.41. The summed E-state index contributed by atoms with van der Waals surface area (Å²) in [6.45, 7) is 12.6. The van der Waals surface area contributed by atoms with Crippen LogP contribution in [0.4, 0.5) is 0 Å². The molecule has 4 saturated carbocycles. The molecule has 0 heterocycles. The predicted octanol–water partition coefficient (Wildman–Crippen LogP) is 5.91. The van der Waals surface area contributed by atoms with Crippen molar-refractivity contribution >= 4 is 0 Å². The number of fused-ring (bicyclic) bond motifs is 5. The highest BCUT2D eigenvalue weighted by molar-refractivity contribution is 5.13. The van der Waals surface area contributed by atoms with Crippen molar-refractivity contribution in [1.29, 1.82) is 0 Å². The van der Waals surface area contributed by atoms with Gasteiger partial charge in [-0.3, -0.25) is 0 Å². The second-order valence-electron chi connectivity index (χ2n) is 12.1. The molecule has 2 N–H and O–H groups in total. The van der Waals surface area contributed by atoms with Crippen LogP contribution >= 0.6 is 0 Å². The zero-order valence-corrected chi connectivity index (χ0v) is 19.2. The molecule has 0 radical (unpaired) electrons. The maximum absolute atomic E-state index is 11.8. The molecule has 2 heteroatoms. The van der Waals surface area contributed by atoms with Gasteiger partial charge >= 0.3 is 0 Å². The van der Waals surface area contributed by atoms with E-state index in [4.69, 9.17) is 0 Å². The molecule has 0 aliphatic heterocycles. The zero-order chi connectivity index (χ0) is 20.3. The smallest absolute Gasteiger partial charge is 0.0605 e. The van der Waals surface area contributed by atoms with Gasteiger partial charge in [-0.2, -0.15) is 0 Å². The molecule has 2 nitrogen and oxygen atoms in total. The van der Waals surface area contributed by atoms with E-state index >= 15 is 0 Å². The van der Waals surface area contributed by atoms with Gasteiger partial charge in [0.2, 0.25) is 0 Å². The van der Waals surface area contributed by atoms with E-state index in [9.17, 15) is 10.2 Å². The third-order valence-electron chi connectivity index (χ3n) is 11.0. The highest BCUT2D eigenvalue weighted by atomic mass is 16.3. The van der Waals surface area contributed by atoms with Crippen LogP contribution in [0.3, 0.4) is 0 Å². The van der Waals surface area contributed by atoms with E-state index < -0.39 is 0 Å². The van der Waals surface area contributed by atoms with E-state index in [-0.39, 0.29) is 6.10 Å². The molecule has 4 aliphatic carbocycles. The fraction of sp³-hybridized carbons (Fsp3) is 1.00. The van der Waals surface area contributed by atoms with E-state index in [1.54, 1.807) is 0 Å². The molecule has 28 heavy (non-hydrogen) atoms. The van der Waals surface area contributed by atoms with E-state index in [0.717, 1.165) is 36.5 Å². The van der Waals surface area contributed by atoms with Crippen molar-refractivity contribution in [3.8, 4) is 0 Å². The summed E-state index contributed by atoms with van der Waals surface area (Å²) in [5.41, 5.74) is 0.827. The number of hydrogen-bond donors (Lipinski definition) is 2. The quantitative estimate of drug-likeness (QED) is 0.627. The number of rotatable bonds is 4. The van der Waals surface area contributed by atoms with Gasteiger partial charge in [0.25, 0.3) is 0 Å². The third-order valence-corrected chi connectivity index (χ3v) is 11.0. The first kappa shape index (κ1) is 21.2. The standard InChI is InChI=1S/C26H46O2/c1-6-18-22-15-16(2)9-12-26(22,5)21-10-13-25(4)19(17(3)11-14-27)7-8-20(25)23(21)24(18)28/h16-24,27-28H,6-15H2,1-5H3/t16-,17-,18-,19-,20+,21+,22+,23+,24-,25-,26-/m1/s1. The van der Waals surface area contributed by atoms with Crippen molar-refractivity contribution < 1.29 is 10.2 Å². The molecule has 0 amide bonds. The lowest BCUT2D eigenvalue weighted by Crippen LogP contribution is -2.61. The summed E-state index contributed by atoms with van der Waals surface area (Å²) in [7, 11) is 0. The molecule has 4 aliphatic rings. The Labute approximate surface area is 173 Å². The predicted molar refractivity (Wildman–Crippen MR) is 116 cm³/mol. The fourth-order valence-electron chi connectivity index (χ4n) is 9.56. The molecule has 0 aromatic carbocycles. The summed E-state index contributed by atoms with van der Waals surface area (Å²) in [5.74, 6) is 5.35. The summed E-state index contributed by atoms with van der Waals surface area (Å²) in [6.07, 6.45) is 11.4. The van der Waals surface area contributed by atoms with Crippen LogP contribution in [0.15, 0.2) is 0 Å². The van der Waals surface area contributed by atoms with Crippen molar-refractivity contribution in [1.82, 2.24) is 0 Å². The lowest BCUT2D eigenvalue weighted by Gasteiger charge is -2.65. The third kappa shape index (κ3) is 2.95. The molecule has 0 aromatic rings. The van der Waals surface area contributed by atoms with Crippen molar-refractivity contribution in [2.75, 3.05) is 6.61 Å². The van der Waals surface area contributed by atoms with Gasteiger partial charge in [0.05, 0.1) is 6.10 Å². The van der Waals surface area contributed by atoms with Crippen molar-refractivity contribution in [3.63, 3.8) is 0 Å². The number of aliphatic hydroxyl groups excluding tert-OH is 2. The SMILES string of the molecule is CC[C@H]1[C@@H](O)[C@@H]2[C@H](CC[C@]3(C)[C@@H]([C@H](C)CCO)CC[C@@H]23)[C@@]2(C)CC[C@@H](C)C[C@@H]12. The van der Waals surface area contributed by atoms with Crippen LogP contribution in [0.25, 0.3) is 0 Å². The molecule has 162 valence electrons. The van der Waals surface area contributed by atoms with E-state index in [2.05, 4.69) is 34.6 Å². The lowest BCUT2D eigenvalue weighted by molar-refractivity contribution is -0.198. The summed E-state index contributed by atoms with van der Waals surface area (Å²) >= 11 is 0. The molecule has 11 atom stereocenters. The second-order valence-corrected chi connectivity index (χ2v) is 12.1. The van der Waals surface area contributed by atoms with Gasteiger partial charge in [0, 0.05) is 6.61 Å². The van der Waals surface area contributed by atoms with Gasteiger partial charge in [0.15, 0.2) is 0 Å². The van der Waals surface area contributed by atoms with Crippen LogP contribution < -0.4 is 0 Å². The molecule has 0 bridgehead atoms. The van der Waals surface area contributed by atoms with Crippen molar-refractivity contribution in [3.05, 3.63) is 0 Å². The number of aliphatic hydroxyl groups is 2. The van der Waals surface area contributed by atoms with Gasteiger partial charge in [-0.05, 0) is 103 Å². The van der Waals surface area contributed by atoms with E-state index in [1.807, 2.05) is 0 Å². The van der Waals surface area contributed by atoms with E-state index in [1.165, 1.54) is 44.9 Å². The maximum atomic E-state index is 11.8. The molecular formula is C26H46O2. The van der Waals surface area contributed by atoms with Gasteiger partial charge in [0.1, 0.15) is 0 Å². The van der Waals surface area contributed by atoms with Gasteiger partial charge in [-0.1, -0.05) is 47.5 Å². The molecule has 0 spiro atoms. The molecular weight excluding hydrogens is 344 g/mol. The van der Waals surface area contributed by atoms with Crippen LogP contribution in [-0.2, 0) is 0 Å². The summed E-state index contributed by atoms with van der Waals surface area (Å²) in [5, 5.41) is 21.3. The van der Waals surface area contributed by atoms with Crippen molar-refractivity contribution in [2.24, 2.45) is 58.2 Å². The topological polar surface area (TPSA) is 40.5 Å². The van der Waals surface area contributed by atoms with Gasteiger partial charge in [-0.15, -0.1) is 0 Å². The van der Waals surface area contributed by atoms with E-state index in [0.29, 0.717) is 41.1 Å². The first-order valence-electron chi connectivity index (χ1n) is 12.6. The minimum absolute atomic E-state index is 0.0881. The Balaban J connectivity index is 1.67. The van der Waals surface area contributed by atoms with Crippen LogP contribution in [0.5, 0.6) is 0 Å². The Morgan fingerprint density at radius 1 is 0.964 bits per heavy atom. The van der Waals surface area contributed by atoms with Crippen LogP contribution in [0.2, 0.25) is 0 Å². The van der Waals surface area contributed by atoms with Gasteiger partial charge < -0.3 is 10.2 Å². The molecule has 4 rings (SSSR count). The zero-order valence-electron chi connectivity index (χ0n) is 19.2. The Kier molecular flexibility index (Phi) is 5.71.